The number of carboxylic acids is 1. The third-order valence-corrected chi connectivity index (χ3v) is 1.76. The molecule has 0 aromatic heterocycles. The molecule has 6 nitrogen and oxygen atoms in total. The number of rotatable bonds is 5. The second-order valence-electron chi connectivity index (χ2n) is 2.87. The van der Waals surface area contributed by atoms with Gasteiger partial charge in [0.2, 0.25) is 0 Å². The van der Waals surface area contributed by atoms with Gasteiger partial charge in [-0.2, -0.15) is 5.10 Å². The van der Waals surface area contributed by atoms with Gasteiger partial charge in [-0.25, -0.2) is 4.79 Å². The van der Waals surface area contributed by atoms with Gasteiger partial charge in [0.1, 0.15) is 0 Å². The van der Waals surface area contributed by atoms with Crippen molar-refractivity contribution in [2.45, 2.75) is 0 Å². The van der Waals surface area contributed by atoms with Crippen LogP contribution in [0.4, 0.5) is 0 Å². The lowest BCUT2D eigenvalue weighted by Gasteiger charge is -2.09. The highest BCUT2D eigenvalue weighted by atomic mass is 16.5. The summed E-state index contributed by atoms with van der Waals surface area (Å²) in [6.45, 7) is -0.431. The first-order chi connectivity index (χ1) is 7.67. The normalized spacial score (nSPS) is 10.3. The summed E-state index contributed by atoms with van der Waals surface area (Å²) in [5.74, 6) is 4.74. The number of ether oxygens (including phenoxy) is 2. The summed E-state index contributed by atoms with van der Waals surface area (Å²) >= 11 is 0. The molecule has 86 valence electrons. The molecule has 0 amide bonds. The van der Waals surface area contributed by atoms with Crippen molar-refractivity contribution in [3.8, 4) is 11.5 Å². The zero-order valence-corrected chi connectivity index (χ0v) is 8.71. The first-order valence-corrected chi connectivity index (χ1v) is 4.43. The maximum Gasteiger partial charge on any atom is 0.341 e. The van der Waals surface area contributed by atoms with Crippen molar-refractivity contribution in [1.82, 2.24) is 0 Å². The van der Waals surface area contributed by atoms with E-state index < -0.39 is 12.6 Å². The molecule has 0 atom stereocenters. The molecule has 0 aliphatic rings. The minimum atomic E-state index is -1.06. The zero-order chi connectivity index (χ0) is 12.0. The van der Waals surface area contributed by atoms with Crippen LogP contribution in [0.25, 0.3) is 0 Å². The van der Waals surface area contributed by atoms with Crippen LogP contribution in [-0.4, -0.2) is 31.0 Å². The fourth-order valence-electron chi connectivity index (χ4n) is 1.11. The van der Waals surface area contributed by atoms with Gasteiger partial charge < -0.3 is 20.4 Å². The molecular weight excluding hydrogens is 212 g/mol. The van der Waals surface area contributed by atoms with Crippen LogP contribution in [0, 0.1) is 0 Å². The van der Waals surface area contributed by atoms with Crippen molar-refractivity contribution in [1.29, 1.82) is 0 Å². The largest absolute Gasteiger partial charge is 0.493 e. The number of nitrogens with zero attached hydrogens (tertiary/aromatic N) is 1. The monoisotopic (exact) mass is 224 g/mol. The van der Waals surface area contributed by atoms with Gasteiger partial charge in [0.15, 0.2) is 18.1 Å². The van der Waals surface area contributed by atoms with Gasteiger partial charge in [0, 0.05) is 0 Å². The summed E-state index contributed by atoms with van der Waals surface area (Å²) in [6.07, 6.45) is 1.42. The van der Waals surface area contributed by atoms with E-state index in [0.717, 1.165) is 0 Å². The van der Waals surface area contributed by atoms with Gasteiger partial charge in [0.25, 0.3) is 0 Å². The number of benzene rings is 1. The molecule has 6 heteroatoms. The van der Waals surface area contributed by atoms with Gasteiger partial charge in [-0.05, 0) is 23.8 Å². The number of hydrogen-bond donors (Lipinski definition) is 2. The van der Waals surface area contributed by atoms with E-state index in [1.54, 1.807) is 18.2 Å². The van der Waals surface area contributed by atoms with Crippen LogP contribution in [0.2, 0.25) is 0 Å². The average molecular weight is 224 g/mol. The first kappa shape index (κ1) is 11.8. The summed E-state index contributed by atoms with van der Waals surface area (Å²) in [4.78, 5) is 10.4. The molecule has 3 N–H and O–H groups in total. The highest BCUT2D eigenvalue weighted by Gasteiger charge is 2.07. The average Bonchev–Trinajstić information content (AvgIpc) is 2.27. The minimum Gasteiger partial charge on any atom is -0.493 e. The molecule has 0 fully saturated rings. The minimum absolute atomic E-state index is 0.335. The Kier molecular flexibility index (Phi) is 4.14. The standard InChI is InChI=1S/C10H12N2O4/c1-15-8-3-2-7(5-12-11)4-9(8)16-6-10(13)14/h2-5H,6,11H2,1H3,(H,13,14). The predicted molar refractivity (Wildman–Crippen MR) is 57.9 cm³/mol. The number of hydrazone groups is 1. The number of methoxy groups -OCH3 is 1. The Labute approximate surface area is 92.3 Å². The van der Waals surface area contributed by atoms with Crippen LogP contribution in [0.15, 0.2) is 23.3 Å². The molecule has 0 aliphatic carbocycles. The van der Waals surface area contributed by atoms with Gasteiger partial charge in [-0.3, -0.25) is 0 Å². The van der Waals surface area contributed by atoms with E-state index in [-0.39, 0.29) is 0 Å². The molecule has 0 saturated heterocycles. The van der Waals surface area contributed by atoms with Crippen molar-refractivity contribution in [3.63, 3.8) is 0 Å². The molecule has 0 unspecified atom stereocenters. The van der Waals surface area contributed by atoms with Gasteiger partial charge in [0.05, 0.1) is 13.3 Å². The Morgan fingerprint density at radius 1 is 1.56 bits per heavy atom. The SMILES string of the molecule is COc1ccc(C=NN)cc1OCC(=O)O. The van der Waals surface area contributed by atoms with Crippen molar-refractivity contribution in [3.05, 3.63) is 23.8 Å². The van der Waals surface area contributed by atoms with E-state index in [1.165, 1.54) is 13.3 Å². The summed E-state index contributed by atoms with van der Waals surface area (Å²) < 4.78 is 10.1. The predicted octanol–water partition coefficient (Wildman–Crippen LogP) is 0.451. The molecule has 1 rings (SSSR count). The van der Waals surface area contributed by atoms with Crippen LogP contribution in [0.5, 0.6) is 11.5 Å². The molecular formula is C10H12N2O4. The Hall–Kier alpha value is -2.24. The topological polar surface area (TPSA) is 94.1 Å². The van der Waals surface area contributed by atoms with Gasteiger partial charge in [-0.1, -0.05) is 0 Å². The number of nitrogens with two attached hydrogens (primary N) is 1. The van der Waals surface area contributed by atoms with Crippen LogP contribution in [-0.2, 0) is 4.79 Å². The molecule has 0 aliphatic heterocycles. The number of carboxylic acid groups (broad SMARTS) is 1. The molecule has 16 heavy (non-hydrogen) atoms. The van der Waals surface area contributed by atoms with E-state index >= 15 is 0 Å². The number of hydrogen-bond acceptors (Lipinski definition) is 5. The molecule has 0 radical (unpaired) electrons. The maximum absolute atomic E-state index is 10.4. The summed E-state index contributed by atoms with van der Waals surface area (Å²) in [7, 11) is 1.47. The second-order valence-corrected chi connectivity index (χ2v) is 2.87. The van der Waals surface area contributed by atoms with Gasteiger partial charge >= 0.3 is 5.97 Å². The van der Waals surface area contributed by atoms with Crippen molar-refractivity contribution in [2.75, 3.05) is 13.7 Å². The lowest BCUT2D eigenvalue weighted by atomic mass is 10.2. The smallest absolute Gasteiger partial charge is 0.341 e. The maximum atomic E-state index is 10.4. The van der Waals surface area contributed by atoms with E-state index in [4.69, 9.17) is 20.4 Å². The van der Waals surface area contributed by atoms with Crippen molar-refractivity contribution in [2.24, 2.45) is 10.9 Å². The highest BCUT2D eigenvalue weighted by Crippen LogP contribution is 2.27. The fraction of sp³-hybridized carbons (Fsp3) is 0.200. The van der Waals surface area contributed by atoms with Crippen LogP contribution in [0.1, 0.15) is 5.56 Å². The first-order valence-electron chi connectivity index (χ1n) is 4.43. The third kappa shape index (κ3) is 3.16. The lowest BCUT2D eigenvalue weighted by molar-refractivity contribution is -0.139. The third-order valence-electron chi connectivity index (χ3n) is 1.76. The Morgan fingerprint density at radius 2 is 2.31 bits per heavy atom. The quantitative estimate of drug-likeness (QED) is 0.430. The Balaban J connectivity index is 2.92. The number of carbonyl (C=O) groups is 1. The lowest BCUT2D eigenvalue weighted by Crippen LogP contribution is -2.10. The van der Waals surface area contributed by atoms with Crippen LogP contribution < -0.4 is 15.3 Å². The van der Waals surface area contributed by atoms with E-state index in [0.29, 0.717) is 17.1 Å². The van der Waals surface area contributed by atoms with E-state index in [1.807, 2.05) is 0 Å². The van der Waals surface area contributed by atoms with Crippen molar-refractivity contribution < 1.29 is 19.4 Å². The van der Waals surface area contributed by atoms with Crippen molar-refractivity contribution >= 4 is 12.2 Å². The van der Waals surface area contributed by atoms with Crippen LogP contribution >= 0.6 is 0 Å². The van der Waals surface area contributed by atoms with E-state index in [9.17, 15) is 4.79 Å². The zero-order valence-electron chi connectivity index (χ0n) is 8.71. The summed E-state index contributed by atoms with van der Waals surface area (Å²) in [5.41, 5.74) is 0.698. The Bertz CT molecular complexity index is 404. The molecule has 0 bridgehead atoms. The Morgan fingerprint density at radius 3 is 2.88 bits per heavy atom. The van der Waals surface area contributed by atoms with E-state index in [2.05, 4.69) is 5.10 Å². The molecule has 0 heterocycles. The summed E-state index contributed by atoms with van der Waals surface area (Å²) in [6, 6.07) is 4.97. The summed E-state index contributed by atoms with van der Waals surface area (Å²) in [5, 5.41) is 11.9. The highest BCUT2D eigenvalue weighted by molar-refractivity contribution is 5.80. The number of aliphatic carboxylic acids is 1. The second kappa shape index (κ2) is 5.59. The molecule has 0 spiro atoms. The molecule has 1 aromatic rings. The fourth-order valence-corrected chi connectivity index (χ4v) is 1.11. The molecule has 0 saturated carbocycles. The van der Waals surface area contributed by atoms with Crippen LogP contribution in [0.3, 0.4) is 0 Å². The molecule has 1 aromatic carbocycles. The van der Waals surface area contributed by atoms with Gasteiger partial charge in [-0.15, -0.1) is 0 Å².